The van der Waals surface area contributed by atoms with Gasteiger partial charge >= 0.3 is 6.18 Å². The van der Waals surface area contributed by atoms with E-state index in [0.29, 0.717) is 11.1 Å². The van der Waals surface area contributed by atoms with Crippen LogP contribution in [0, 0.1) is 0 Å². The number of hydrogen-bond acceptors (Lipinski definition) is 4. The number of aliphatic hydroxyl groups excluding tert-OH is 1. The first kappa shape index (κ1) is 19.8. The third-order valence-electron chi connectivity index (χ3n) is 3.85. The molecule has 5 nitrogen and oxygen atoms in total. The number of hydrogen-bond donors (Lipinski definition) is 1. The van der Waals surface area contributed by atoms with E-state index in [4.69, 9.17) is 0 Å². The molecular formula is C18H20F3N3O2. The van der Waals surface area contributed by atoms with Gasteiger partial charge in [0.05, 0.1) is 19.1 Å². The highest BCUT2D eigenvalue weighted by atomic mass is 19.4. The zero-order chi connectivity index (χ0) is 19.3. The Morgan fingerprint density at radius 2 is 1.96 bits per heavy atom. The molecular weight excluding hydrogens is 347 g/mol. The lowest BCUT2D eigenvalue weighted by Gasteiger charge is -2.29. The number of amides is 1. The van der Waals surface area contributed by atoms with Crippen LogP contribution < -0.4 is 0 Å². The van der Waals surface area contributed by atoms with Crippen molar-refractivity contribution in [1.82, 2.24) is 14.9 Å². The van der Waals surface area contributed by atoms with E-state index < -0.39 is 18.0 Å². The van der Waals surface area contributed by atoms with Gasteiger partial charge in [0.25, 0.3) is 0 Å². The number of aromatic nitrogens is 2. The van der Waals surface area contributed by atoms with Crippen LogP contribution in [0.15, 0.2) is 42.9 Å². The standard InChI is InChI=1S/C18H20F3N3O2/c1-12(2)24(11-15(25)14-4-3-7-22-10-14)17(26)8-13-5-6-16(23-9-13)18(19,20)21/h3-7,9-10,12,15,25H,8,11H2,1-2H3. The van der Waals surface area contributed by atoms with E-state index in [0.717, 1.165) is 12.3 Å². The molecule has 8 heteroatoms. The van der Waals surface area contributed by atoms with Gasteiger partial charge in [-0.15, -0.1) is 0 Å². The van der Waals surface area contributed by atoms with Gasteiger partial charge in [-0.3, -0.25) is 14.8 Å². The van der Waals surface area contributed by atoms with Crippen molar-refractivity contribution in [3.05, 3.63) is 59.7 Å². The lowest BCUT2D eigenvalue weighted by Crippen LogP contribution is -2.40. The summed E-state index contributed by atoms with van der Waals surface area (Å²) in [7, 11) is 0. The SMILES string of the molecule is CC(C)N(CC(O)c1cccnc1)C(=O)Cc1ccc(C(F)(F)F)nc1. The van der Waals surface area contributed by atoms with Crippen LogP contribution in [0.25, 0.3) is 0 Å². The van der Waals surface area contributed by atoms with Gasteiger partial charge in [0.2, 0.25) is 5.91 Å². The second-order valence-corrected chi connectivity index (χ2v) is 6.17. The van der Waals surface area contributed by atoms with E-state index in [-0.39, 0.29) is 24.9 Å². The lowest BCUT2D eigenvalue weighted by molar-refractivity contribution is -0.141. The molecule has 140 valence electrons. The smallest absolute Gasteiger partial charge is 0.386 e. The molecule has 0 bridgehead atoms. The normalized spacial score (nSPS) is 12.9. The van der Waals surface area contributed by atoms with Crippen molar-refractivity contribution in [1.29, 1.82) is 0 Å². The van der Waals surface area contributed by atoms with Gasteiger partial charge in [-0.1, -0.05) is 12.1 Å². The Morgan fingerprint density at radius 3 is 2.46 bits per heavy atom. The maximum Gasteiger partial charge on any atom is 0.433 e. The first-order valence-corrected chi connectivity index (χ1v) is 8.08. The van der Waals surface area contributed by atoms with E-state index in [1.807, 2.05) is 0 Å². The van der Waals surface area contributed by atoms with Gasteiger partial charge in [-0.2, -0.15) is 13.2 Å². The number of pyridine rings is 2. The Bertz CT molecular complexity index is 719. The third kappa shape index (κ3) is 5.26. The molecule has 2 aromatic rings. The molecule has 2 heterocycles. The molecule has 0 saturated heterocycles. The van der Waals surface area contributed by atoms with Crippen LogP contribution in [0.5, 0.6) is 0 Å². The first-order valence-electron chi connectivity index (χ1n) is 8.08. The predicted octanol–water partition coefficient (Wildman–Crippen LogP) is 3.01. The monoisotopic (exact) mass is 367 g/mol. The van der Waals surface area contributed by atoms with Crippen molar-refractivity contribution in [2.45, 2.75) is 38.6 Å². The number of nitrogens with zero attached hydrogens (tertiary/aromatic N) is 3. The molecule has 1 unspecified atom stereocenters. The highest BCUT2D eigenvalue weighted by Gasteiger charge is 2.32. The van der Waals surface area contributed by atoms with Gasteiger partial charge < -0.3 is 10.0 Å². The minimum atomic E-state index is -4.51. The summed E-state index contributed by atoms with van der Waals surface area (Å²) in [4.78, 5) is 21.3. The van der Waals surface area contributed by atoms with Crippen LogP contribution in [-0.2, 0) is 17.4 Å². The predicted molar refractivity (Wildman–Crippen MR) is 89.0 cm³/mol. The van der Waals surface area contributed by atoms with E-state index in [2.05, 4.69) is 9.97 Å². The zero-order valence-electron chi connectivity index (χ0n) is 14.4. The summed E-state index contributed by atoms with van der Waals surface area (Å²) < 4.78 is 37.7. The minimum absolute atomic E-state index is 0.0657. The summed E-state index contributed by atoms with van der Waals surface area (Å²) in [6, 6.07) is 5.31. The van der Waals surface area contributed by atoms with Crippen molar-refractivity contribution >= 4 is 5.91 Å². The molecule has 0 aliphatic rings. The molecule has 2 rings (SSSR count). The van der Waals surface area contributed by atoms with Crippen molar-refractivity contribution in [3.63, 3.8) is 0 Å². The van der Waals surface area contributed by atoms with Gasteiger partial charge in [0.15, 0.2) is 0 Å². The van der Waals surface area contributed by atoms with E-state index in [1.165, 1.54) is 17.2 Å². The van der Waals surface area contributed by atoms with Crippen LogP contribution in [0.4, 0.5) is 13.2 Å². The number of carbonyl (C=O) groups excluding carboxylic acids is 1. The van der Waals surface area contributed by atoms with Gasteiger partial charge in [0.1, 0.15) is 5.69 Å². The van der Waals surface area contributed by atoms with Gasteiger partial charge in [-0.05, 0) is 31.5 Å². The van der Waals surface area contributed by atoms with Crippen molar-refractivity contribution in [2.75, 3.05) is 6.54 Å². The maximum absolute atomic E-state index is 12.6. The molecule has 0 aromatic carbocycles. The van der Waals surface area contributed by atoms with Crippen LogP contribution in [0.2, 0.25) is 0 Å². The summed E-state index contributed by atoms with van der Waals surface area (Å²) in [5, 5.41) is 10.3. The largest absolute Gasteiger partial charge is 0.433 e. The number of alkyl halides is 3. The molecule has 0 fully saturated rings. The highest BCUT2D eigenvalue weighted by Crippen LogP contribution is 2.27. The van der Waals surface area contributed by atoms with E-state index >= 15 is 0 Å². The fourth-order valence-corrected chi connectivity index (χ4v) is 2.44. The summed E-state index contributed by atoms with van der Waals surface area (Å²) in [6.45, 7) is 3.67. The molecule has 26 heavy (non-hydrogen) atoms. The van der Waals surface area contributed by atoms with Crippen molar-refractivity contribution < 1.29 is 23.1 Å². The second kappa shape index (κ2) is 8.27. The fraction of sp³-hybridized carbons (Fsp3) is 0.389. The van der Waals surface area contributed by atoms with Gasteiger partial charge in [0, 0.05) is 30.2 Å². The Morgan fingerprint density at radius 1 is 1.23 bits per heavy atom. The third-order valence-corrected chi connectivity index (χ3v) is 3.85. The van der Waals surface area contributed by atoms with Crippen LogP contribution in [0.1, 0.15) is 36.8 Å². The quantitative estimate of drug-likeness (QED) is 0.852. The zero-order valence-corrected chi connectivity index (χ0v) is 14.4. The van der Waals surface area contributed by atoms with Crippen molar-refractivity contribution in [2.24, 2.45) is 0 Å². The topological polar surface area (TPSA) is 66.3 Å². The Balaban J connectivity index is 2.06. The lowest BCUT2D eigenvalue weighted by atomic mass is 10.1. The second-order valence-electron chi connectivity index (χ2n) is 6.17. The van der Waals surface area contributed by atoms with Crippen LogP contribution in [-0.4, -0.2) is 38.5 Å². The van der Waals surface area contributed by atoms with E-state index in [9.17, 15) is 23.1 Å². The highest BCUT2D eigenvalue weighted by molar-refractivity contribution is 5.79. The molecule has 1 N–H and O–H groups in total. The number of halogens is 3. The fourth-order valence-electron chi connectivity index (χ4n) is 2.44. The van der Waals surface area contributed by atoms with Crippen LogP contribution >= 0.6 is 0 Å². The van der Waals surface area contributed by atoms with Crippen molar-refractivity contribution in [3.8, 4) is 0 Å². The Labute approximate surface area is 149 Å². The summed E-state index contributed by atoms with van der Waals surface area (Å²) >= 11 is 0. The van der Waals surface area contributed by atoms with Crippen LogP contribution in [0.3, 0.4) is 0 Å². The first-order chi connectivity index (χ1) is 12.2. The van der Waals surface area contributed by atoms with E-state index in [1.54, 1.807) is 32.2 Å². The molecule has 1 atom stereocenters. The molecule has 1 amide bonds. The average molecular weight is 367 g/mol. The molecule has 0 aliphatic carbocycles. The molecule has 0 spiro atoms. The number of aliphatic hydroxyl groups is 1. The van der Waals surface area contributed by atoms with Gasteiger partial charge in [-0.25, -0.2) is 0 Å². The molecule has 0 aliphatic heterocycles. The summed E-state index contributed by atoms with van der Waals surface area (Å²) in [5.41, 5.74) is -0.0342. The molecule has 0 radical (unpaired) electrons. The summed E-state index contributed by atoms with van der Waals surface area (Å²) in [6.07, 6.45) is -1.35. The number of rotatable bonds is 6. The average Bonchev–Trinajstić information content (AvgIpc) is 2.59. The number of carbonyl (C=O) groups is 1. The minimum Gasteiger partial charge on any atom is -0.386 e. The molecule has 2 aromatic heterocycles. The summed E-state index contributed by atoms with van der Waals surface area (Å²) in [5.74, 6) is -0.301. The molecule has 0 saturated carbocycles. The Hall–Kier alpha value is -2.48. The maximum atomic E-state index is 12.6. The Kier molecular flexibility index (Phi) is 6.31.